The second-order valence-electron chi connectivity index (χ2n) is 5.50. The van der Waals surface area contributed by atoms with Crippen LogP contribution in [0.4, 0.5) is 0 Å². The molecule has 0 aliphatic heterocycles. The van der Waals surface area contributed by atoms with E-state index in [1.54, 1.807) is 0 Å². The predicted octanol–water partition coefficient (Wildman–Crippen LogP) is 3.26. The Hall–Kier alpha value is -1.44. The first-order chi connectivity index (χ1) is 8.00. The van der Waals surface area contributed by atoms with Gasteiger partial charge in [-0.25, -0.2) is 0 Å². The number of ketones is 2. The van der Waals surface area contributed by atoms with Crippen molar-refractivity contribution in [3.8, 4) is 0 Å². The van der Waals surface area contributed by atoms with E-state index in [2.05, 4.69) is 13.8 Å². The van der Waals surface area contributed by atoms with Crippen LogP contribution in [-0.2, 0) is 4.79 Å². The molecule has 2 heteroatoms. The largest absolute Gasteiger partial charge is 0.299 e. The van der Waals surface area contributed by atoms with Gasteiger partial charge in [-0.3, -0.25) is 9.59 Å². The van der Waals surface area contributed by atoms with E-state index >= 15 is 0 Å². The molecule has 17 heavy (non-hydrogen) atoms. The maximum atomic E-state index is 12.1. The summed E-state index contributed by atoms with van der Waals surface area (Å²) in [6.45, 7) is 4.17. The highest BCUT2D eigenvalue weighted by Gasteiger charge is 2.41. The van der Waals surface area contributed by atoms with Crippen LogP contribution in [0.25, 0.3) is 0 Å². The average Bonchev–Trinajstić information content (AvgIpc) is 2.57. The number of hydrogen-bond acceptors (Lipinski definition) is 2. The summed E-state index contributed by atoms with van der Waals surface area (Å²) < 4.78 is 0. The van der Waals surface area contributed by atoms with Crippen LogP contribution in [0.15, 0.2) is 30.3 Å². The summed E-state index contributed by atoms with van der Waals surface area (Å²) in [4.78, 5) is 23.9. The monoisotopic (exact) mass is 230 g/mol. The molecule has 0 bridgehead atoms. The van der Waals surface area contributed by atoms with Crippen LogP contribution in [0.5, 0.6) is 0 Å². The van der Waals surface area contributed by atoms with Gasteiger partial charge in [0, 0.05) is 24.3 Å². The van der Waals surface area contributed by atoms with Crippen LogP contribution in [-0.4, -0.2) is 11.6 Å². The third kappa shape index (κ3) is 2.46. The van der Waals surface area contributed by atoms with E-state index in [9.17, 15) is 9.59 Å². The number of hydrogen-bond donors (Lipinski definition) is 0. The lowest BCUT2D eigenvalue weighted by molar-refractivity contribution is -0.121. The zero-order chi connectivity index (χ0) is 12.5. The van der Waals surface area contributed by atoms with Crippen LogP contribution in [0.2, 0.25) is 0 Å². The van der Waals surface area contributed by atoms with Crippen molar-refractivity contribution in [3.63, 3.8) is 0 Å². The molecule has 1 atom stereocenters. The van der Waals surface area contributed by atoms with Gasteiger partial charge in [-0.15, -0.1) is 0 Å². The molecule has 1 aromatic carbocycles. The SMILES string of the molecule is CC1(C)CCC(=O)C1CC(=O)c1ccccc1. The molecule has 0 amide bonds. The second-order valence-corrected chi connectivity index (χ2v) is 5.50. The van der Waals surface area contributed by atoms with Crippen LogP contribution in [0, 0.1) is 11.3 Å². The number of carbonyl (C=O) groups is 2. The molecule has 1 aliphatic rings. The molecule has 1 saturated carbocycles. The summed E-state index contributed by atoms with van der Waals surface area (Å²) in [6.07, 6.45) is 1.88. The summed E-state index contributed by atoms with van der Waals surface area (Å²) >= 11 is 0. The molecule has 1 fully saturated rings. The van der Waals surface area contributed by atoms with Gasteiger partial charge in [0.15, 0.2) is 5.78 Å². The summed E-state index contributed by atoms with van der Waals surface area (Å²) in [5, 5.41) is 0. The van der Waals surface area contributed by atoms with E-state index in [4.69, 9.17) is 0 Å². The molecule has 0 radical (unpaired) electrons. The molecule has 1 aromatic rings. The fourth-order valence-electron chi connectivity index (χ4n) is 2.55. The lowest BCUT2D eigenvalue weighted by atomic mass is 9.78. The first-order valence-electron chi connectivity index (χ1n) is 6.12. The minimum Gasteiger partial charge on any atom is -0.299 e. The summed E-state index contributed by atoms with van der Waals surface area (Å²) in [5.41, 5.74) is 0.685. The van der Waals surface area contributed by atoms with Crippen LogP contribution in [0.1, 0.15) is 43.5 Å². The normalized spacial score (nSPS) is 22.7. The van der Waals surface area contributed by atoms with Gasteiger partial charge in [-0.1, -0.05) is 44.2 Å². The molecule has 0 saturated heterocycles. The van der Waals surface area contributed by atoms with Gasteiger partial charge in [-0.2, -0.15) is 0 Å². The van der Waals surface area contributed by atoms with Crippen molar-refractivity contribution in [2.45, 2.75) is 33.1 Å². The highest BCUT2D eigenvalue weighted by molar-refractivity contribution is 5.99. The van der Waals surface area contributed by atoms with E-state index in [1.165, 1.54) is 0 Å². The van der Waals surface area contributed by atoms with Crippen molar-refractivity contribution < 1.29 is 9.59 Å². The molecular weight excluding hydrogens is 212 g/mol. The summed E-state index contributed by atoms with van der Waals surface area (Å²) in [7, 11) is 0. The molecule has 0 N–H and O–H groups in total. The van der Waals surface area contributed by atoms with Crippen molar-refractivity contribution in [3.05, 3.63) is 35.9 Å². The number of carbonyl (C=O) groups excluding carboxylic acids is 2. The van der Waals surface area contributed by atoms with Crippen molar-refractivity contribution >= 4 is 11.6 Å². The fraction of sp³-hybridized carbons (Fsp3) is 0.467. The molecule has 0 aromatic heterocycles. The standard InChI is InChI=1S/C15H18O2/c1-15(2)9-8-13(16)12(15)10-14(17)11-6-4-3-5-7-11/h3-7,12H,8-10H2,1-2H3. The topological polar surface area (TPSA) is 34.1 Å². The lowest BCUT2D eigenvalue weighted by Crippen LogP contribution is -2.25. The maximum absolute atomic E-state index is 12.1. The van der Waals surface area contributed by atoms with Gasteiger partial charge in [0.2, 0.25) is 0 Å². The minimum atomic E-state index is -0.102. The Kier molecular flexibility index (Phi) is 3.14. The van der Waals surface area contributed by atoms with Crippen LogP contribution < -0.4 is 0 Å². The first kappa shape index (κ1) is 12.0. The Morgan fingerprint density at radius 1 is 1.29 bits per heavy atom. The highest BCUT2D eigenvalue weighted by Crippen LogP contribution is 2.42. The van der Waals surface area contributed by atoms with E-state index < -0.39 is 0 Å². The zero-order valence-corrected chi connectivity index (χ0v) is 10.4. The van der Waals surface area contributed by atoms with Gasteiger partial charge in [0.25, 0.3) is 0 Å². The minimum absolute atomic E-state index is 0.0263. The van der Waals surface area contributed by atoms with Crippen LogP contribution >= 0.6 is 0 Å². The van der Waals surface area contributed by atoms with Gasteiger partial charge in [-0.05, 0) is 11.8 Å². The smallest absolute Gasteiger partial charge is 0.163 e. The maximum Gasteiger partial charge on any atom is 0.163 e. The van der Waals surface area contributed by atoms with Gasteiger partial charge < -0.3 is 0 Å². The number of rotatable bonds is 3. The van der Waals surface area contributed by atoms with E-state index in [0.717, 1.165) is 6.42 Å². The lowest BCUT2D eigenvalue weighted by Gasteiger charge is -2.24. The van der Waals surface area contributed by atoms with Crippen molar-refractivity contribution in [1.82, 2.24) is 0 Å². The van der Waals surface area contributed by atoms with E-state index in [1.807, 2.05) is 30.3 Å². The van der Waals surface area contributed by atoms with Crippen molar-refractivity contribution in [1.29, 1.82) is 0 Å². The van der Waals surface area contributed by atoms with Gasteiger partial charge in [0.05, 0.1) is 0 Å². The Morgan fingerprint density at radius 2 is 1.94 bits per heavy atom. The molecule has 1 aliphatic carbocycles. The summed E-state index contributed by atoms with van der Waals surface area (Å²) in [6, 6.07) is 9.23. The Balaban J connectivity index is 2.12. The van der Waals surface area contributed by atoms with Gasteiger partial charge in [0.1, 0.15) is 5.78 Å². The molecule has 0 heterocycles. The highest BCUT2D eigenvalue weighted by atomic mass is 16.1. The Morgan fingerprint density at radius 3 is 2.47 bits per heavy atom. The second kappa shape index (κ2) is 4.44. The molecule has 90 valence electrons. The quantitative estimate of drug-likeness (QED) is 0.747. The third-order valence-electron chi connectivity index (χ3n) is 3.83. The molecular formula is C15H18O2. The predicted molar refractivity (Wildman–Crippen MR) is 66.9 cm³/mol. The van der Waals surface area contributed by atoms with Gasteiger partial charge >= 0.3 is 0 Å². The fourth-order valence-corrected chi connectivity index (χ4v) is 2.55. The number of benzene rings is 1. The first-order valence-corrected chi connectivity index (χ1v) is 6.12. The molecule has 1 unspecified atom stereocenters. The molecule has 0 spiro atoms. The Labute approximate surface area is 102 Å². The Bertz CT molecular complexity index is 431. The zero-order valence-electron chi connectivity index (χ0n) is 10.4. The van der Waals surface area contributed by atoms with Crippen LogP contribution in [0.3, 0.4) is 0 Å². The van der Waals surface area contributed by atoms with Crippen molar-refractivity contribution in [2.75, 3.05) is 0 Å². The van der Waals surface area contributed by atoms with E-state index in [0.29, 0.717) is 18.4 Å². The van der Waals surface area contributed by atoms with E-state index in [-0.39, 0.29) is 22.9 Å². The third-order valence-corrected chi connectivity index (χ3v) is 3.83. The van der Waals surface area contributed by atoms with Crippen molar-refractivity contribution in [2.24, 2.45) is 11.3 Å². The average molecular weight is 230 g/mol. The molecule has 2 rings (SSSR count). The molecule has 2 nitrogen and oxygen atoms in total. The summed E-state index contributed by atoms with van der Waals surface area (Å²) in [5.74, 6) is 0.230. The number of Topliss-reactive ketones (excluding diaryl/α,β-unsaturated/α-hetero) is 2.